The van der Waals surface area contributed by atoms with E-state index >= 15 is 0 Å². The monoisotopic (exact) mass is 265 g/mol. The number of aryl methyl sites for hydroxylation is 1. The zero-order valence-electron chi connectivity index (χ0n) is 11.3. The molecule has 19 heavy (non-hydrogen) atoms. The maximum absolute atomic E-state index is 12.3. The number of aromatic nitrogens is 2. The molecule has 2 heterocycles. The molecule has 0 saturated carbocycles. The Bertz CT molecular complexity index is 495. The van der Waals surface area contributed by atoms with E-state index in [0.717, 1.165) is 12.1 Å². The predicted molar refractivity (Wildman–Crippen MR) is 68.8 cm³/mol. The summed E-state index contributed by atoms with van der Waals surface area (Å²) in [5, 5.41) is 12.8. The smallest absolute Gasteiger partial charge is 0.303 e. The molecule has 1 unspecified atom stereocenters. The number of hydrogen-bond acceptors (Lipinski definition) is 3. The molecule has 0 aromatic carbocycles. The summed E-state index contributed by atoms with van der Waals surface area (Å²) in [5.74, 6) is -0.465. The number of rotatable bonds is 4. The lowest BCUT2D eigenvalue weighted by molar-refractivity contribution is -0.137. The molecule has 0 spiro atoms. The van der Waals surface area contributed by atoms with Crippen LogP contribution in [0.25, 0.3) is 0 Å². The van der Waals surface area contributed by atoms with E-state index in [-0.39, 0.29) is 12.3 Å². The molecule has 1 aromatic heterocycles. The zero-order valence-corrected chi connectivity index (χ0v) is 11.3. The third-order valence-electron chi connectivity index (χ3n) is 3.81. The number of carboxylic acids is 1. The van der Waals surface area contributed by atoms with E-state index in [1.54, 1.807) is 15.8 Å². The number of aliphatic carboxylic acids is 1. The van der Waals surface area contributed by atoms with Crippen LogP contribution in [0.4, 0.5) is 0 Å². The van der Waals surface area contributed by atoms with Crippen molar-refractivity contribution in [1.29, 1.82) is 0 Å². The number of amides is 1. The van der Waals surface area contributed by atoms with Gasteiger partial charge in [0.2, 0.25) is 0 Å². The molecule has 1 aliphatic heterocycles. The summed E-state index contributed by atoms with van der Waals surface area (Å²) < 4.78 is 1.69. The summed E-state index contributed by atoms with van der Waals surface area (Å²) in [6.07, 6.45) is 3.31. The van der Waals surface area contributed by atoms with E-state index < -0.39 is 5.97 Å². The fourth-order valence-electron chi connectivity index (χ4n) is 2.46. The lowest BCUT2D eigenvalue weighted by Crippen LogP contribution is -2.29. The van der Waals surface area contributed by atoms with E-state index in [2.05, 4.69) is 5.10 Å². The van der Waals surface area contributed by atoms with E-state index in [4.69, 9.17) is 5.11 Å². The molecule has 6 nitrogen and oxygen atoms in total. The SMILES string of the molecule is Cc1c(C(=O)N2CCC(CCC(=O)O)C2)cnn1C. The molecule has 1 amide bonds. The molecule has 104 valence electrons. The van der Waals surface area contributed by atoms with Gasteiger partial charge in [0.15, 0.2) is 0 Å². The van der Waals surface area contributed by atoms with Crippen LogP contribution in [0.15, 0.2) is 6.20 Å². The van der Waals surface area contributed by atoms with Crippen molar-refractivity contribution in [2.24, 2.45) is 13.0 Å². The molecule has 1 aliphatic rings. The van der Waals surface area contributed by atoms with Gasteiger partial charge in [0.05, 0.1) is 11.8 Å². The van der Waals surface area contributed by atoms with Crippen molar-refractivity contribution in [2.75, 3.05) is 13.1 Å². The second kappa shape index (κ2) is 5.42. The molecule has 0 bridgehead atoms. The van der Waals surface area contributed by atoms with Crippen LogP contribution in [0.3, 0.4) is 0 Å². The lowest BCUT2D eigenvalue weighted by Gasteiger charge is -2.16. The molecule has 1 aromatic rings. The second-order valence-corrected chi connectivity index (χ2v) is 5.11. The van der Waals surface area contributed by atoms with Crippen molar-refractivity contribution >= 4 is 11.9 Å². The molecule has 6 heteroatoms. The normalized spacial score (nSPS) is 18.8. The standard InChI is InChI=1S/C13H19N3O3/c1-9-11(7-14-15(9)2)13(19)16-6-5-10(8-16)3-4-12(17)18/h7,10H,3-6,8H2,1-2H3,(H,17,18). The number of likely N-dealkylation sites (tertiary alicyclic amines) is 1. The van der Waals surface area contributed by atoms with Crippen molar-refractivity contribution in [1.82, 2.24) is 14.7 Å². The molecule has 1 N–H and O–H groups in total. The largest absolute Gasteiger partial charge is 0.481 e. The van der Waals surface area contributed by atoms with Gasteiger partial charge >= 0.3 is 5.97 Å². The maximum atomic E-state index is 12.3. The summed E-state index contributed by atoms with van der Waals surface area (Å²) >= 11 is 0. The number of nitrogens with zero attached hydrogens (tertiary/aromatic N) is 3. The molecule has 1 fully saturated rings. The Balaban J connectivity index is 1.95. The van der Waals surface area contributed by atoms with Crippen LogP contribution in [0.5, 0.6) is 0 Å². The minimum Gasteiger partial charge on any atom is -0.481 e. The highest BCUT2D eigenvalue weighted by atomic mass is 16.4. The van der Waals surface area contributed by atoms with Crippen LogP contribution in [0.1, 0.15) is 35.3 Å². The van der Waals surface area contributed by atoms with E-state index in [9.17, 15) is 9.59 Å². The molecule has 0 radical (unpaired) electrons. The highest BCUT2D eigenvalue weighted by Gasteiger charge is 2.28. The first-order valence-electron chi connectivity index (χ1n) is 6.48. The van der Waals surface area contributed by atoms with Crippen LogP contribution >= 0.6 is 0 Å². The summed E-state index contributed by atoms with van der Waals surface area (Å²) in [6, 6.07) is 0. The zero-order chi connectivity index (χ0) is 14.0. The van der Waals surface area contributed by atoms with Gasteiger partial charge in [0.1, 0.15) is 0 Å². The number of carbonyl (C=O) groups excluding carboxylic acids is 1. The van der Waals surface area contributed by atoms with Crippen LogP contribution < -0.4 is 0 Å². The number of carbonyl (C=O) groups is 2. The lowest BCUT2D eigenvalue weighted by atomic mass is 10.0. The van der Waals surface area contributed by atoms with Crippen molar-refractivity contribution < 1.29 is 14.7 Å². The molecular weight excluding hydrogens is 246 g/mol. The fourth-order valence-corrected chi connectivity index (χ4v) is 2.46. The van der Waals surface area contributed by atoms with Crippen LogP contribution in [0, 0.1) is 12.8 Å². The second-order valence-electron chi connectivity index (χ2n) is 5.11. The number of hydrogen-bond donors (Lipinski definition) is 1. The summed E-state index contributed by atoms with van der Waals surface area (Å²) in [5.41, 5.74) is 1.50. The predicted octanol–water partition coefficient (Wildman–Crippen LogP) is 1.06. The Morgan fingerprint density at radius 1 is 1.53 bits per heavy atom. The Morgan fingerprint density at radius 3 is 2.84 bits per heavy atom. The van der Waals surface area contributed by atoms with Crippen LogP contribution in [-0.4, -0.2) is 44.8 Å². The van der Waals surface area contributed by atoms with E-state index in [0.29, 0.717) is 31.0 Å². The first-order valence-corrected chi connectivity index (χ1v) is 6.48. The molecular formula is C13H19N3O3. The Kier molecular flexibility index (Phi) is 3.87. The van der Waals surface area contributed by atoms with Crippen molar-refractivity contribution in [3.05, 3.63) is 17.5 Å². The average molecular weight is 265 g/mol. The van der Waals surface area contributed by atoms with E-state index in [1.807, 2.05) is 14.0 Å². The van der Waals surface area contributed by atoms with Gasteiger partial charge < -0.3 is 10.0 Å². The minimum absolute atomic E-state index is 0.00317. The van der Waals surface area contributed by atoms with Crippen LogP contribution in [-0.2, 0) is 11.8 Å². The third kappa shape index (κ3) is 2.94. The number of carboxylic acid groups (broad SMARTS) is 1. The molecule has 0 aliphatic carbocycles. The first-order chi connectivity index (χ1) is 8.99. The summed E-state index contributed by atoms with van der Waals surface area (Å²) in [6.45, 7) is 3.23. The molecule has 1 saturated heterocycles. The molecule has 1 atom stereocenters. The quantitative estimate of drug-likeness (QED) is 0.883. The fraction of sp³-hybridized carbons (Fsp3) is 0.615. The minimum atomic E-state index is -0.770. The third-order valence-corrected chi connectivity index (χ3v) is 3.81. The van der Waals surface area contributed by atoms with Crippen molar-refractivity contribution in [3.63, 3.8) is 0 Å². The van der Waals surface area contributed by atoms with Gasteiger partial charge in [-0.2, -0.15) is 5.10 Å². The van der Waals surface area contributed by atoms with E-state index in [1.165, 1.54) is 0 Å². The Labute approximate surface area is 112 Å². The van der Waals surface area contributed by atoms with Gasteiger partial charge in [-0.3, -0.25) is 14.3 Å². The van der Waals surface area contributed by atoms with Gasteiger partial charge in [0, 0.05) is 32.3 Å². The van der Waals surface area contributed by atoms with Crippen LogP contribution in [0.2, 0.25) is 0 Å². The van der Waals surface area contributed by atoms with Gasteiger partial charge in [0.25, 0.3) is 5.91 Å². The van der Waals surface area contributed by atoms with Gasteiger partial charge in [-0.05, 0) is 25.7 Å². The van der Waals surface area contributed by atoms with Crippen molar-refractivity contribution in [2.45, 2.75) is 26.2 Å². The van der Waals surface area contributed by atoms with Gasteiger partial charge in [-0.1, -0.05) is 0 Å². The van der Waals surface area contributed by atoms with Gasteiger partial charge in [-0.25, -0.2) is 0 Å². The summed E-state index contributed by atoms with van der Waals surface area (Å²) in [4.78, 5) is 24.7. The Morgan fingerprint density at radius 2 is 2.26 bits per heavy atom. The highest BCUT2D eigenvalue weighted by Crippen LogP contribution is 2.23. The summed E-state index contributed by atoms with van der Waals surface area (Å²) in [7, 11) is 1.81. The van der Waals surface area contributed by atoms with Gasteiger partial charge in [-0.15, -0.1) is 0 Å². The first kappa shape index (κ1) is 13.6. The molecule has 2 rings (SSSR count). The topological polar surface area (TPSA) is 75.4 Å². The maximum Gasteiger partial charge on any atom is 0.303 e. The average Bonchev–Trinajstić information content (AvgIpc) is 2.95. The van der Waals surface area contributed by atoms with Crippen molar-refractivity contribution in [3.8, 4) is 0 Å². The Hall–Kier alpha value is -1.85. The highest BCUT2D eigenvalue weighted by molar-refractivity contribution is 5.95.